The molecule has 1 fully saturated rings. The molecule has 5 rings (SSSR count). The summed E-state index contributed by atoms with van der Waals surface area (Å²) >= 11 is 0. The first-order valence-electron chi connectivity index (χ1n) is 11.6. The fourth-order valence-corrected chi connectivity index (χ4v) is 4.05. The van der Waals surface area contributed by atoms with Crippen molar-refractivity contribution in [2.24, 2.45) is 0 Å². The summed E-state index contributed by atoms with van der Waals surface area (Å²) in [4.78, 5) is 46.8. The van der Waals surface area contributed by atoms with Gasteiger partial charge in [0.2, 0.25) is 11.9 Å². The monoisotopic (exact) mass is 506 g/mol. The van der Waals surface area contributed by atoms with Gasteiger partial charge in [0.1, 0.15) is 5.82 Å². The number of nitrogens with zero attached hydrogens (tertiary/aromatic N) is 10. The second-order valence-corrected chi connectivity index (χ2v) is 8.31. The molecule has 192 valence electrons. The summed E-state index contributed by atoms with van der Waals surface area (Å²) in [7, 11) is 1.83. The van der Waals surface area contributed by atoms with Gasteiger partial charge in [0, 0.05) is 51.5 Å². The number of ether oxygens (including phenoxy) is 1. The largest absolute Gasteiger partial charge is 0.378 e. The zero-order valence-corrected chi connectivity index (χ0v) is 20.4. The van der Waals surface area contributed by atoms with Gasteiger partial charge in [-0.05, 0) is 6.92 Å². The molecule has 15 heteroatoms. The van der Waals surface area contributed by atoms with Crippen LogP contribution < -0.4 is 21.0 Å². The molecule has 15 nitrogen and oxygen atoms in total. The number of amides is 1. The van der Waals surface area contributed by atoms with Crippen LogP contribution in [0.25, 0.3) is 22.6 Å². The van der Waals surface area contributed by atoms with E-state index in [2.05, 4.69) is 24.8 Å². The average molecular weight is 507 g/mol. The van der Waals surface area contributed by atoms with Gasteiger partial charge in [0.25, 0.3) is 5.91 Å². The topological polar surface area (TPSA) is 186 Å². The lowest BCUT2D eigenvalue weighted by Gasteiger charge is -2.28. The van der Waals surface area contributed by atoms with E-state index in [0.29, 0.717) is 73.7 Å². The lowest BCUT2D eigenvalue weighted by Crippen LogP contribution is -2.37. The molecule has 4 aromatic heterocycles. The van der Waals surface area contributed by atoms with E-state index < -0.39 is 5.91 Å². The fraction of sp³-hybridized carbons (Fsp3) is 0.364. The second kappa shape index (κ2) is 10.2. The van der Waals surface area contributed by atoms with Crippen molar-refractivity contribution in [3.8, 4) is 11.4 Å². The number of hydrogen-bond acceptors (Lipinski definition) is 13. The first-order valence-corrected chi connectivity index (χ1v) is 11.6. The van der Waals surface area contributed by atoms with Gasteiger partial charge in [-0.3, -0.25) is 10.0 Å². The fourth-order valence-electron chi connectivity index (χ4n) is 4.05. The third-order valence-electron chi connectivity index (χ3n) is 5.93. The molecule has 0 aliphatic carbocycles. The van der Waals surface area contributed by atoms with E-state index in [1.165, 1.54) is 12.4 Å². The molecule has 5 heterocycles. The summed E-state index contributed by atoms with van der Waals surface area (Å²) in [6.45, 7) is 5.56. The number of rotatable bonds is 7. The Hall–Kier alpha value is -4.50. The minimum absolute atomic E-state index is 0.144. The number of morpholine rings is 1. The summed E-state index contributed by atoms with van der Waals surface area (Å²) in [5.74, 6) is 1.82. The van der Waals surface area contributed by atoms with Crippen LogP contribution in [0.2, 0.25) is 0 Å². The van der Waals surface area contributed by atoms with E-state index >= 15 is 0 Å². The highest BCUT2D eigenvalue weighted by molar-refractivity contribution is 5.92. The van der Waals surface area contributed by atoms with Crippen molar-refractivity contribution in [1.82, 2.24) is 44.9 Å². The first kappa shape index (κ1) is 24.2. The molecule has 0 radical (unpaired) electrons. The molecule has 0 aromatic carbocycles. The van der Waals surface area contributed by atoms with Crippen molar-refractivity contribution in [3.05, 3.63) is 36.2 Å². The Morgan fingerprint density at radius 1 is 1.11 bits per heavy atom. The number of carbonyl (C=O) groups excluding carboxylic acids is 1. The number of carbonyl (C=O) groups is 1. The SMILES string of the molecule is CCn1c(CN(C)c2ncc(C(=O)NO)cn2)nc2c(N3CCOCC3)nc(-c3cnc(N)nc3)nc21. The lowest BCUT2D eigenvalue weighted by molar-refractivity contribution is 0.0705. The van der Waals surface area contributed by atoms with Crippen molar-refractivity contribution >= 4 is 34.8 Å². The highest BCUT2D eigenvalue weighted by Gasteiger charge is 2.24. The molecular formula is C22H26N12O3. The maximum atomic E-state index is 11.6. The van der Waals surface area contributed by atoms with Crippen LogP contribution >= 0.6 is 0 Å². The number of hydrogen-bond donors (Lipinski definition) is 3. The lowest BCUT2D eigenvalue weighted by atomic mass is 10.3. The predicted molar refractivity (Wildman–Crippen MR) is 133 cm³/mol. The van der Waals surface area contributed by atoms with E-state index in [-0.39, 0.29) is 11.5 Å². The Morgan fingerprint density at radius 3 is 2.46 bits per heavy atom. The summed E-state index contributed by atoms with van der Waals surface area (Å²) in [5, 5.41) is 8.80. The summed E-state index contributed by atoms with van der Waals surface area (Å²) < 4.78 is 7.56. The van der Waals surface area contributed by atoms with Crippen LogP contribution in [-0.4, -0.2) is 83.9 Å². The summed E-state index contributed by atoms with van der Waals surface area (Å²) in [6, 6.07) is 0. The molecule has 0 saturated carbocycles. The van der Waals surface area contributed by atoms with Crippen molar-refractivity contribution in [1.29, 1.82) is 0 Å². The molecule has 1 saturated heterocycles. The van der Waals surface area contributed by atoms with Gasteiger partial charge in [-0.1, -0.05) is 0 Å². The van der Waals surface area contributed by atoms with E-state index in [4.69, 9.17) is 30.6 Å². The van der Waals surface area contributed by atoms with Crippen LogP contribution in [0.3, 0.4) is 0 Å². The number of imidazole rings is 1. The highest BCUT2D eigenvalue weighted by Crippen LogP contribution is 2.29. The van der Waals surface area contributed by atoms with Crippen LogP contribution in [0, 0.1) is 0 Å². The Kier molecular flexibility index (Phi) is 6.70. The standard InChI is InChI=1S/C22H26N12O3/c1-3-34-15(12-32(2)22-26-10-14(11-27-22)20(35)31-36)28-16-18(33-4-6-37-7-5-33)29-17(30-19(16)34)13-8-24-21(23)25-9-13/h8-11,36H,3-7,12H2,1-2H3,(H,31,35)(H2,23,24,25). The van der Waals surface area contributed by atoms with Gasteiger partial charge in [-0.15, -0.1) is 0 Å². The average Bonchev–Trinajstić information content (AvgIpc) is 3.29. The number of nitrogens with one attached hydrogen (secondary N) is 1. The molecule has 0 unspecified atom stereocenters. The molecule has 0 bridgehead atoms. The third kappa shape index (κ3) is 4.81. The number of nitrogen functional groups attached to an aromatic ring is 1. The number of aromatic nitrogens is 8. The van der Waals surface area contributed by atoms with Crippen LogP contribution in [0.1, 0.15) is 23.1 Å². The van der Waals surface area contributed by atoms with Gasteiger partial charge in [-0.2, -0.15) is 0 Å². The number of anilines is 3. The maximum absolute atomic E-state index is 11.6. The van der Waals surface area contributed by atoms with Gasteiger partial charge >= 0.3 is 0 Å². The van der Waals surface area contributed by atoms with Crippen molar-refractivity contribution in [3.63, 3.8) is 0 Å². The molecule has 4 N–H and O–H groups in total. The van der Waals surface area contributed by atoms with Crippen LogP contribution in [0.15, 0.2) is 24.8 Å². The zero-order valence-electron chi connectivity index (χ0n) is 20.4. The minimum Gasteiger partial charge on any atom is -0.378 e. The Morgan fingerprint density at radius 2 is 1.81 bits per heavy atom. The summed E-state index contributed by atoms with van der Waals surface area (Å²) in [5.41, 5.74) is 9.40. The Bertz CT molecular complexity index is 1400. The normalized spacial score (nSPS) is 13.6. The predicted octanol–water partition coefficient (Wildman–Crippen LogP) is 0.267. The van der Waals surface area contributed by atoms with E-state index in [0.717, 1.165) is 5.82 Å². The number of fused-ring (bicyclic) bond motifs is 1. The van der Waals surface area contributed by atoms with E-state index in [1.807, 2.05) is 23.4 Å². The van der Waals surface area contributed by atoms with Crippen molar-refractivity contribution in [2.75, 3.05) is 48.9 Å². The van der Waals surface area contributed by atoms with E-state index in [1.54, 1.807) is 17.9 Å². The van der Waals surface area contributed by atoms with Crippen LogP contribution in [-0.2, 0) is 17.8 Å². The molecule has 4 aromatic rings. The van der Waals surface area contributed by atoms with Crippen molar-refractivity contribution < 1.29 is 14.7 Å². The minimum atomic E-state index is -0.682. The molecule has 1 amide bonds. The quantitative estimate of drug-likeness (QED) is 0.229. The molecule has 1 aliphatic rings. The molecule has 0 spiro atoms. The number of aryl methyl sites for hydroxylation is 1. The van der Waals surface area contributed by atoms with Crippen LogP contribution in [0.5, 0.6) is 0 Å². The smallest absolute Gasteiger partial charge is 0.277 e. The zero-order chi connectivity index (χ0) is 25.9. The molecule has 37 heavy (non-hydrogen) atoms. The second-order valence-electron chi connectivity index (χ2n) is 8.31. The maximum Gasteiger partial charge on any atom is 0.277 e. The van der Waals surface area contributed by atoms with Crippen LogP contribution in [0.4, 0.5) is 17.7 Å². The van der Waals surface area contributed by atoms with E-state index in [9.17, 15) is 4.79 Å². The molecule has 1 aliphatic heterocycles. The van der Waals surface area contributed by atoms with Gasteiger partial charge in [-0.25, -0.2) is 40.4 Å². The highest BCUT2D eigenvalue weighted by atomic mass is 16.5. The first-order chi connectivity index (χ1) is 18.0. The summed E-state index contributed by atoms with van der Waals surface area (Å²) in [6.07, 6.45) is 5.89. The van der Waals surface area contributed by atoms with Crippen molar-refractivity contribution in [2.45, 2.75) is 20.0 Å². The number of nitrogens with two attached hydrogens (primary N) is 1. The Labute approximate surface area is 211 Å². The molecule has 0 atom stereocenters. The van der Waals surface area contributed by atoms with Gasteiger partial charge in [0.05, 0.1) is 30.9 Å². The number of hydroxylamine groups is 1. The van der Waals surface area contributed by atoms with Gasteiger partial charge < -0.3 is 24.8 Å². The molecular weight excluding hydrogens is 480 g/mol. The van der Waals surface area contributed by atoms with Gasteiger partial charge in [0.15, 0.2) is 22.8 Å². The Balaban J connectivity index is 1.55. The third-order valence-corrected chi connectivity index (χ3v) is 5.93.